The van der Waals surface area contributed by atoms with Crippen LogP contribution in [0.4, 0.5) is 5.69 Å². The minimum atomic E-state index is -1.10. The lowest BCUT2D eigenvalue weighted by Gasteiger charge is -2.44. The van der Waals surface area contributed by atoms with E-state index in [4.69, 9.17) is 16.7 Å². The van der Waals surface area contributed by atoms with Gasteiger partial charge in [0, 0.05) is 22.7 Å². The van der Waals surface area contributed by atoms with Crippen LogP contribution in [0.15, 0.2) is 24.3 Å². The minimum absolute atomic E-state index is 0.119. The zero-order valence-electron chi connectivity index (χ0n) is 18.9. The highest BCUT2D eigenvalue weighted by molar-refractivity contribution is 6.32. The molecule has 1 aromatic heterocycles. The molecule has 2 aliphatic carbocycles. The first-order valence-corrected chi connectivity index (χ1v) is 12.2. The average molecular weight is 455 g/mol. The maximum absolute atomic E-state index is 13.8. The molecule has 1 aromatic carbocycles. The number of anilines is 1. The molecule has 3 aliphatic rings. The molecule has 170 valence electrons. The van der Waals surface area contributed by atoms with Crippen molar-refractivity contribution in [3.8, 4) is 0 Å². The van der Waals surface area contributed by atoms with Gasteiger partial charge in [0.05, 0.1) is 12.2 Å². The SMILES string of the molecule is Cc1c(Cl)cccc1N1C(=O)c2cc(C3CC3)nn2CC1(C)C(=O)NC1CCCCCC1. The standard InChI is InChI=1S/C25H31ClN4O2/c1-16-19(26)10-7-11-21(16)30-23(31)22-14-20(17-12-13-17)28-29(22)15-25(30,2)24(32)27-18-8-5-3-4-6-9-18/h7,10-11,14,17-18H,3-6,8-9,12-13,15H2,1-2H3,(H,27,32). The second-order valence-electron chi connectivity index (χ2n) is 9.85. The van der Waals surface area contributed by atoms with Crippen molar-refractivity contribution < 1.29 is 9.59 Å². The lowest BCUT2D eigenvalue weighted by molar-refractivity contribution is -0.127. The summed E-state index contributed by atoms with van der Waals surface area (Å²) in [7, 11) is 0. The Hall–Kier alpha value is -2.34. The molecule has 1 N–H and O–H groups in total. The van der Waals surface area contributed by atoms with Gasteiger partial charge in [-0.3, -0.25) is 19.2 Å². The van der Waals surface area contributed by atoms with Gasteiger partial charge >= 0.3 is 0 Å². The highest BCUT2D eigenvalue weighted by Gasteiger charge is 2.50. The molecule has 32 heavy (non-hydrogen) atoms. The van der Waals surface area contributed by atoms with Crippen molar-refractivity contribution in [2.45, 2.75) is 89.3 Å². The monoisotopic (exact) mass is 454 g/mol. The van der Waals surface area contributed by atoms with Crippen LogP contribution < -0.4 is 10.2 Å². The third-order valence-corrected chi connectivity index (χ3v) is 7.74. The maximum Gasteiger partial charge on any atom is 0.277 e. The van der Waals surface area contributed by atoms with Gasteiger partial charge in [-0.05, 0) is 63.3 Å². The van der Waals surface area contributed by atoms with Crippen molar-refractivity contribution >= 4 is 29.1 Å². The highest BCUT2D eigenvalue weighted by atomic mass is 35.5. The molecule has 2 saturated carbocycles. The van der Waals surface area contributed by atoms with Crippen LogP contribution in [0.2, 0.25) is 5.02 Å². The second kappa shape index (κ2) is 8.22. The fourth-order valence-corrected chi connectivity index (χ4v) is 5.33. The number of aromatic nitrogens is 2. The average Bonchev–Trinajstić information content (AvgIpc) is 3.56. The van der Waals surface area contributed by atoms with Crippen molar-refractivity contribution in [1.29, 1.82) is 0 Å². The topological polar surface area (TPSA) is 67.2 Å². The van der Waals surface area contributed by atoms with Gasteiger partial charge in [0.25, 0.3) is 5.91 Å². The van der Waals surface area contributed by atoms with Gasteiger partial charge in [0.2, 0.25) is 5.91 Å². The Bertz CT molecular complexity index is 1050. The van der Waals surface area contributed by atoms with E-state index >= 15 is 0 Å². The number of hydrogen-bond acceptors (Lipinski definition) is 3. The van der Waals surface area contributed by atoms with Crippen LogP contribution in [-0.2, 0) is 11.3 Å². The molecular formula is C25H31ClN4O2. The summed E-state index contributed by atoms with van der Waals surface area (Å²) in [4.78, 5) is 29.3. The molecule has 0 bridgehead atoms. The van der Waals surface area contributed by atoms with Gasteiger partial charge in [0.1, 0.15) is 11.2 Å². The van der Waals surface area contributed by atoms with Crippen LogP contribution in [0.1, 0.15) is 86.0 Å². The first kappa shape index (κ1) is 21.5. The first-order valence-electron chi connectivity index (χ1n) is 11.9. The van der Waals surface area contributed by atoms with Crippen molar-refractivity contribution in [1.82, 2.24) is 15.1 Å². The van der Waals surface area contributed by atoms with Crippen LogP contribution in [0, 0.1) is 6.92 Å². The predicted octanol–water partition coefficient (Wildman–Crippen LogP) is 4.98. The van der Waals surface area contributed by atoms with Crippen molar-refractivity contribution in [2.75, 3.05) is 4.90 Å². The fourth-order valence-electron chi connectivity index (χ4n) is 5.16. The van der Waals surface area contributed by atoms with Crippen LogP contribution in [0.25, 0.3) is 0 Å². The smallest absolute Gasteiger partial charge is 0.277 e. The Kier molecular flexibility index (Phi) is 5.52. The molecule has 2 fully saturated rings. The Morgan fingerprint density at radius 3 is 2.56 bits per heavy atom. The largest absolute Gasteiger partial charge is 0.351 e. The Morgan fingerprint density at radius 2 is 1.88 bits per heavy atom. The minimum Gasteiger partial charge on any atom is -0.351 e. The lowest BCUT2D eigenvalue weighted by atomic mass is 9.92. The van der Waals surface area contributed by atoms with Gasteiger partial charge in [0.15, 0.2) is 0 Å². The molecule has 1 unspecified atom stereocenters. The summed E-state index contributed by atoms with van der Waals surface area (Å²) in [6, 6.07) is 7.59. The molecule has 6 nitrogen and oxygen atoms in total. The molecule has 2 amide bonds. The zero-order valence-corrected chi connectivity index (χ0v) is 19.6. The lowest BCUT2D eigenvalue weighted by Crippen LogP contribution is -2.65. The summed E-state index contributed by atoms with van der Waals surface area (Å²) in [6.45, 7) is 4.08. The number of amides is 2. The number of hydrogen-bond donors (Lipinski definition) is 1. The van der Waals surface area contributed by atoms with Gasteiger partial charge in [-0.2, -0.15) is 5.10 Å². The predicted molar refractivity (Wildman–Crippen MR) is 125 cm³/mol. The van der Waals surface area contributed by atoms with E-state index in [-0.39, 0.29) is 17.9 Å². The molecule has 0 saturated heterocycles. The summed E-state index contributed by atoms with van der Waals surface area (Å²) in [5, 5.41) is 8.61. The summed E-state index contributed by atoms with van der Waals surface area (Å²) in [5.74, 6) is 0.124. The van der Waals surface area contributed by atoms with Crippen LogP contribution >= 0.6 is 11.6 Å². The number of benzene rings is 1. The van der Waals surface area contributed by atoms with E-state index in [0.29, 0.717) is 28.9 Å². The quantitative estimate of drug-likeness (QED) is 0.662. The van der Waals surface area contributed by atoms with E-state index in [1.807, 2.05) is 38.1 Å². The van der Waals surface area contributed by atoms with Crippen LogP contribution in [0.3, 0.4) is 0 Å². The molecule has 1 aliphatic heterocycles. The molecule has 2 aromatic rings. The second-order valence-corrected chi connectivity index (χ2v) is 10.3. The van der Waals surface area contributed by atoms with Gasteiger partial charge in [-0.15, -0.1) is 0 Å². The third kappa shape index (κ3) is 3.72. The number of carbonyl (C=O) groups is 2. The van der Waals surface area contributed by atoms with E-state index in [0.717, 1.165) is 49.8 Å². The maximum atomic E-state index is 13.8. The Morgan fingerprint density at radius 1 is 1.16 bits per heavy atom. The van der Waals surface area contributed by atoms with E-state index < -0.39 is 5.54 Å². The third-order valence-electron chi connectivity index (χ3n) is 7.33. The van der Waals surface area contributed by atoms with E-state index in [9.17, 15) is 9.59 Å². The number of halogens is 1. The molecule has 5 rings (SSSR count). The van der Waals surface area contributed by atoms with Gasteiger partial charge in [-0.25, -0.2) is 0 Å². The highest BCUT2D eigenvalue weighted by Crippen LogP contribution is 2.42. The van der Waals surface area contributed by atoms with E-state index in [2.05, 4.69) is 5.32 Å². The summed E-state index contributed by atoms with van der Waals surface area (Å²) in [5.41, 5.74) is 1.89. The van der Waals surface area contributed by atoms with Gasteiger partial charge < -0.3 is 5.32 Å². The molecule has 0 radical (unpaired) electrons. The van der Waals surface area contributed by atoms with Crippen molar-refractivity contribution in [2.24, 2.45) is 0 Å². The van der Waals surface area contributed by atoms with Crippen LogP contribution in [-0.4, -0.2) is 33.2 Å². The van der Waals surface area contributed by atoms with E-state index in [1.165, 1.54) is 12.8 Å². The normalized spacial score (nSPS) is 24.2. The number of fused-ring (bicyclic) bond motifs is 1. The van der Waals surface area contributed by atoms with E-state index in [1.54, 1.807) is 9.58 Å². The number of nitrogens with zero attached hydrogens (tertiary/aromatic N) is 3. The zero-order chi connectivity index (χ0) is 22.5. The fraction of sp³-hybridized carbons (Fsp3) is 0.560. The molecule has 0 spiro atoms. The van der Waals surface area contributed by atoms with Gasteiger partial charge in [-0.1, -0.05) is 43.4 Å². The Balaban J connectivity index is 1.55. The number of rotatable bonds is 4. The summed E-state index contributed by atoms with van der Waals surface area (Å²) < 4.78 is 1.75. The molecular weight excluding hydrogens is 424 g/mol. The molecule has 7 heteroatoms. The summed E-state index contributed by atoms with van der Waals surface area (Å²) in [6.07, 6.45) is 8.91. The Labute approximate surface area is 194 Å². The summed E-state index contributed by atoms with van der Waals surface area (Å²) >= 11 is 6.43. The van der Waals surface area contributed by atoms with Crippen molar-refractivity contribution in [3.63, 3.8) is 0 Å². The van der Waals surface area contributed by atoms with Crippen LogP contribution in [0.5, 0.6) is 0 Å². The number of nitrogens with one attached hydrogen (secondary N) is 1. The number of carbonyl (C=O) groups excluding carboxylic acids is 2. The van der Waals surface area contributed by atoms with Crippen molar-refractivity contribution in [3.05, 3.63) is 46.2 Å². The first-order chi connectivity index (χ1) is 15.4. The molecule has 2 heterocycles. The molecule has 1 atom stereocenters.